The Hall–Kier alpha value is -3.72. The van der Waals surface area contributed by atoms with E-state index in [2.05, 4.69) is 71.3 Å². The largest absolute Gasteiger partial charge is 0.493 e. The van der Waals surface area contributed by atoms with Crippen LogP contribution in [-0.4, -0.2) is 50.9 Å². The third kappa shape index (κ3) is 6.14. The average Bonchev–Trinajstić information content (AvgIpc) is 3.43. The maximum atomic E-state index is 13.2. The number of nitrogens with zero attached hydrogens (tertiary/aromatic N) is 5. The Labute approximate surface area is 230 Å². The number of methoxy groups -OCH3 is 2. The SMILES string of the molecule is CC[C@@H](c1nnnn1C(C)(C)CC)N(CCc1ccc(OC)c(OC)c1)Cc1cc2ccc(C)cc2[nH]c1=O. The zero-order chi connectivity index (χ0) is 28.2. The Bertz CT molecular complexity index is 1480. The molecule has 0 aliphatic heterocycles. The maximum Gasteiger partial charge on any atom is 0.252 e. The molecule has 4 aromatic rings. The van der Waals surface area contributed by atoms with Gasteiger partial charge in [0.1, 0.15) is 0 Å². The lowest BCUT2D eigenvalue weighted by Crippen LogP contribution is -2.37. The standard InChI is InChI=1S/C30H40N6O3/c1-8-25(28-32-33-34-36(28)30(4,5)9-2)35(15-14-21-11-13-26(38-6)27(17-21)39-7)19-23-18-22-12-10-20(3)16-24(22)31-29(23)37/h10-13,16-18,25H,8-9,14-15,19H2,1-7H3,(H,31,37)/t25-/m0/s1. The number of ether oxygens (including phenoxy) is 2. The molecule has 2 aromatic carbocycles. The van der Waals surface area contributed by atoms with Gasteiger partial charge in [0.05, 0.1) is 25.8 Å². The zero-order valence-electron chi connectivity index (χ0n) is 24.1. The average molecular weight is 533 g/mol. The van der Waals surface area contributed by atoms with Crippen molar-refractivity contribution in [1.82, 2.24) is 30.1 Å². The molecule has 4 rings (SSSR count). The molecule has 0 aliphatic rings. The van der Waals surface area contributed by atoms with Crippen molar-refractivity contribution < 1.29 is 9.47 Å². The van der Waals surface area contributed by atoms with E-state index in [1.165, 1.54) is 0 Å². The van der Waals surface area contributed by atoms with Gasteiger partial charge in [0, 0.05) is 24.2 Å². The summed E-state index contributed by atoms with van der Waals surface area (Å²) >= 11 is 0. The Morgan fingerprint density at radius 1 is 1.05 bits per heavy atom. The lowest BCUT2D eigenvalue weighted by molar-refractivity contribution is 0.160. The van der Waals surface area contributed by atoms with Crippen molar-refractivity contribution in [3.8, 4) is 11.5 Å². The predicted molar refractivity (Wildman–Crippen MR) is 153 cm³/mol. The summed E-state index contributed by atoms with van der Waals surface area (Å²) in [7, 11) is 3.28. The lowest BCUT2D eigenvalue weighted by Gasteiger charge is -2.33. The molecule has 9 heteroatoms. The van der Waals surface area contributed by atoms with Gasteiger partial charge in [0.15, 0.2) is 17.3 Å². The van der Waals surface area contributed by atoms with Crippen molar-refractivity contribution in [2.24, 2.45) is 0 Å². The van der Waals surface area contributed by atoms with Gasteiger partial charge in [-0.05, 0) is 91.2 Å². The van der Waals surface area contributed by atoms with Gasteiger partial charge in [0.2, 0.25) is 0 Å². The molecule has 9 nitrogen and oxygen atoms in total. The lowest BCUT2D eigenvalue weighted by atomic mass is 10.0. The third-order valence-electron chi connectivity index (χ3n) is 7.65. The fourth-order valence-corrected chi connectivity index (χ4v) is 4.94. The molecule has 0 amide bonds. The summed E-state index contributed by atoms with van der Waals surface area (Å²) in [6.07, 6.45) is 2.42. The summed E-state index contributed by atoms with van der Waals surface area (Å²) in [6, 6.07) is 14.0. The van der Waals surface area contributed by atoms with Crippen LogP contribution in [0.1, 0.15) is 69.1 Å². The Morgan fingerprint density at radius 3 is 2.51 bits per heavy atom. The number of pyridine rings is 1. The third-order valence-corrected chi connectivity index (χ3v) is 7.65. The second kappa shape index (κ2) is 12.0. The van der Waals surface area contributed by atoms with Crippen LogP contribution in [0, 0.1) is 6.92 Å². The molecule has 0 radical (unpaired) electrons. The number of aromatic amines is 1. The Balaban J connectivity index is 1.72. The number of fused-ring (bicyclic) bond motifs is 1. The fraction of sp³-hybridized carbons (Fsp3) is 0.467. The highest BCUT2D eigenvalue weighted by Gasteiger charge is 2.31. The molecule has 1 N–H and O–H groups in total. The summed E-state index contributed by atoms with van der Waals surface area (Å²) < 4.78 is 12.9. The van der Waals surface area contributed by atoms with Crippen molar-refractivity contribution >= 4 is 10.9 Å². The van der Waals surface area contributed by atoms with E-state index in [-0.39, 0.29) is 17.1 Å². The first kappa shape index (κ1) is 28.3. The normalized spacial score (nSPS) is 12.7. The van der Waals surface area contributed by atoms with Gasteiger partial charge >= 0.3 is 0 Å². The molecule has 0 unspecified atom stereocenters. The van der Waals surface area contributed by atoms with E-state index in [0.717, 1.165) is 47.1 Å². The van der Waals surface area contributed by atoms with E-state index in [1.54, 1.807) is 14.2 Å². The van der Waals surface area contributed by atoms with Gasteiger partial charge in [-0.3, -0.25) is 9.69 Å². The molecule has 39 heavy (non-hydrogen) atoms. The number of benzene rings is 2. The number of tetrazole rings is 1. The minimum atomic E-state index is -0.237. The first-order valence-electron chi connectivity index (χ1n) is 13.6. The molecule has 0 bridgehead atoms. The van der Waals surface area contributed by atoms with Crippen LogP contribution >= 0.6 is 0 Å². The van der Waals surface area contributed by atoms with Gasteiger partial charge in [0.25, 0.3) is 5.56 Å². The number of aromatic nitrogens is 5. The van der Waals surface area contributed by atoms with Crippen LogP contribution in [0.5, 0.6) is 11.5 Å². The van der Waals surface area contributed by atoms with E-state index >= 15 is 0 Å². The van der Waals surface area contributed by atoms with Gasteiger partial charge in [-0.25, -0.2) is 4.68 Å². The highest BCUT2D eigenvalue weighted by molar-refractivity contribution is 5.79. The molecular formula is C30H40N6O3. The molecule has 2 heterocycles. The first-order valence-corrected chi connectivity index (χ1v) is 13.6. The summed E-state index contributed by atoms with van der Waals surface area (Å²) in [5, 5.41) is 13.9. The molecule has 0 fully saturated rings. The van der Waals surface area contributed by atoms with Crippen LogP contribution in [0.2, 0.25) is 0 Å². The number of hydrogen-bond donors (Lipinski definition) is 1. The van der Waals surface area contributed by atoms with Gasteiger partial charge < -0.3 is 14.5 Å². The topological polar surface area (TPSA) is 98.2 Å². The minimum Gasteiger partial charge on any atom is -0.493 e. The molecule has 0 saturated carbocycles. The molecule has 0 aliphatic carbocycles. The van der Waals surface area contributed by atoms with E-state index in [0.29, 0.717) is 30.2 Å². The highest BCUT2D eigenvalue weighted by atomic mass is 16.5. The van der Waals surface area contributed by atoms with Gasteiger partial charge in [-0.2, -0.15) is 0 Å². The molecule has 208 valence electrons. The van der Waals surface area contributed by atoms with Crippen molar-refractivity contribution in [2.45, 2.75) is 72.0 Å². The van der Waals surface area contributed by atoms with Crippen LogP contribution in [0.3, 0.4) is 0 Å². The van der Waals surface area contributed by atoms with Crippen LogP contribution in [0.4, 0.5) is 0 Å². The number of aryl methyl sites for hydroxylation is 1. The fourth-order valence-electron chi connectivity index (χ4n) is 4.94. The number of nitrogens with one attached hydrogen (secondary N) is 1. The zero-order valence-corrected chi connectivity index (χ0v) is 24.1. The molecule has 1 atom stereocenters. The van der Waals surface area contributed by atoms with E-state index in [9.17, 15) is 4.79 Å². The molecule has 0 spiro atoms. The van der Waals surface area contributed by atoms with Crippen molar-refractivity contribution in [2.75, 3.05) is 20.8 Å². The summed E-state index contributed by atoms with van der Waals surface area (Å²) in [4.78, 5) is 18.6. The Kier molecular flexibility index (Phi) is 8.70. The first-order chi connectivity index (χ1) is 18.7. The van der Waals surface area contributed by atoms with E-state index in [4.69, 9.17) is 9.47 Å². The number of rotatable bonds is 12. The van der Waals surface area contributed by atoms with E-state index in [1.807, 2.05) is 35.9 Å². The second-order valence-electron chi connectivity index (χ2n) is 10.7. The highest BCUT2D eigenvalue weighted by Crippen LogP contribution is 2.31. The van der Waals surface area contributed by atoms with Crippen molar-refractivity contribution in [3.63, 3.8) is 0 Å². The van der Waals surface area contributed by atoms with Crippen LogP contribution < -0.4 is 15.0 Å². The Morgan fingerprint density at radius 2 is 1.82 bits per heavy atom. The predicted octanol–water partition coefficient (Wildman–Crippen LogP) is 5.18. The van der Waals surface area contributed by atoms with Gasteiger partial charge in [-0.1, -0.05) is 32.0 Å². The van der Waals surface area contributed by atoms with E-state index < -0.39 is 0 Å². The van der Waals surface area contributed by atoms with Crippen LogP contribution in [-0.2, 0) is 18.5 Å². The quantitative estimate of drug-likeness (QED) is 0.268. The number of H-pyrrole nitrogens is 1. The smallest absolute Gasteiger partial charge is 0.252 e. The van der Waals surface area contributed by atoms with Crippen molar-refractivity contribution in [1.29, 1.82) is 0 Å². The molecular weight excluding hydrogens is 492 g/mol. The molecule has 0 saturated heterocycles. The second-order valence-corrected chi connectivity index (χ2v) is 10.7. The summed E-state index contributed by atoms with van der Waals surface area (Å²) in [6.45, 7) is 11.7. The van der Waals surface area contributed by atoms with Gasteiger partial charge in [-0.15, -0.1) is 5.10 Å². The number of hydrogen-bond acceptors (Lipinski definition) is 7. The maximum absolute atomic E-state index is 13.2. The summed E-state index contributed by atoms with van der Waals surface area (Å²) in [5.41, 5.74) is 3.47. The van der Waals surface area contributed by atoms with Crippen molar-refractivity contribution in [3.05, 3.63) is 75.3 Å². The van der Waals surface area contributed by atoms with Crippen LogP contribution in [0.25, 0.3) is 10.9 Å². The van der Waals surface area contributed by atoms with Crippen LogP contribution in [0.15, 0.2) is 47.3 Å². The molecule has 2 aromatic heterocycles. The summed E-state index contributed by atoms with van der Waals surface area (Å²) in [5.74, 6) is 2.21. The monoisotopic (exact) mass is 532 g/mol. The minimum absolute atomic E-state index is 0.0763.